The molecule has 5 nitrogen and oxygen atoms in total. The fourth-order valence-corrected chi connectivity index (χ4v) is 6.73. The van der Waals surface area contributed by atoms with Gasteiger partial charge in [-0.2, -0.15) is 0 Å². The molecule has 7 rings (SSSR count). The van der Waals surface area contributed by atoms with E-state index in [0.29, 0.717) is 25.5 Å². The summed E-state index contributed by atoms with van der Waals surface area (Å²) < 4.78 is 39.4. The van der Waals surface area contributed by atoms with Gasteiger partial charge < -0.3 is 9.13 Å². The molecule has 0 bridgehead atoms. The molecule has 0 aliphatic rings. The highest BCUT2D eigenvalue weighted by Gasteiger charge is 2.22. The van der Waals surface area contributed by atoms with Crippen molar-refractivity contribution < 1.29 is 10.4 Å². The Morgan fingerprint density at radius 3 is 2.05 bits per heavy atom. The third-order valence-electron chi connectivity index (χ3n) is 6.66. The van der Waals surface area contributed by atoms with E-state index in [9.17, 15) is 10.1 Å². The monoisotopic (exact) mass is 613 g/mol. The summed E-state index contributed by atoms with van der Waals surface area (Å²) in [7, 11) is 0. The van der Waals surface area contributed by atoms with Crippen LogP contribution in [0.3, 0.4) is 0 Å². The predicted octanol–water partition coefficient (Wildman–Crippen LogP) is 9.31. The number of halogens is 2. The van der Waals surface area contributed by atoms with Gasteiger partial charge in [-0.05, 0) is 62.2 Å². The SMILES string of the molecule is [2H]c1c([2H])c([2H])c2c(c1[2H])c1ccccc1n2-c1cccc2c1c1ccccc1n2-c1c(Br)cc([N+](=O)[O-])cc1Br. The van der Waals surface area contributed by atoms with Crippen LogP contribution in [0, 0.1) is 10.1 Å². The van der Waals surface area contributed by atoms with Crippen LogP contribution in [0.4, 0.5) is 5.69 Å². The lowest BCUT2D eigenvalue weighted by Gasteiger charge is -2.13. The van der Waals surface area contributed by atoms with E-state index in [2.05, 4.69) is 31.9 Å². The number of hydrogen-bond acceptors (Lipinski definition) is 2. The van der Waals surface area contributed by atoms with Crippen LogP contribution in [-0.4, -0.2) is 14.1 Å². The van der Waals surface area contributed by atoms with Gasteiger partial charge in [-0.25, -0.2) is 0 Å². The topological polar surface area (TPSA) is 53.0 Å². The third kappa shape index (κ3) is 3.21. The van der Waals surface area contributed by atoms with E-state index < -0.39 is 4.92 Å². The molecule has 0 saturated carbocycles. The largest absolute Gasteiger partial charge is 0.309 e. The molecule has 0 saturated heterocycles. The molecule has 0 amide bonds. The first-order valence-electron chi connectivity index (χ1n) is 13.4. The molecule has 7 aromatic rings. The number of hydrogen-bond donors (Lipinski definition) is 0. The maximum Gasteiger partial charge on any atom is 0.271 e. The number of nitro benzene ring substituents is 1. The van der Waals surface area contributed by atoms with Gasteiger partial charge in [0.15, 0.2) is 0 Å². The van der Waals surface area contributed by atoms with Crippen molar-refractivity contribution in [3.8, 4) is 11.4 Å². The first kappa shape index (κ1) is 18.3. The van der Waals surface area contributed by atoms with Crippen molar-refractivity contribution in [1.29, 1.82) is 0 Å². The fraction of sp³-hybridized carbons (Fsp3) is 0. The van der Waals surface area contributed by atoms with E-state index in [1.165, 1.54) is 12.1 Å². The van der Waals surface area contributed by atoms with Gasteiger partial charge in [0.1, 0.15) is 0 Å². The Morgan fingerprint density at radius 1 is 0.703 bits per heavy atom. The summed E-state index contributed by atoms with van der Waals surface area (Å²) in [5, 5.41) is 14.5. The Labute approximate surface area is 233 Å². The lowest BCUT2D eigenvalue weighted by molar-refractivity contribution is -0.385. The molecule has 5 aromatic carbocycles. The zero-order valence-corrected chi connectivity index (χ0v) is 22.1. The average molecular weight is 615 g/mol. The van der Waals surface area contributed by atoms with Crippen LogP contribution >= 0.6 is 31.9 Å². The van der Waals surface area contributed by atoms with Gasteiger partial charge in [0.05, 0.1) is 43.8 Å². The number of para-hydroxylation sites is 3. The number of nitrogens with zero attached hydrogens (tertiary/aromatic N) is 3. The highest BCUT2D eigenvalue weighted by Crippen LogP contribution is 2.43. The maximum absolute atomic E-state index is 11.5. The van der Waals surface area contributed by atoms with E-state index in [4.69, 9.17) is 5.48 Å². The second-order valence-electron chi connectivity index (χ2n) is 8.62. The molecular formula is C30H17Br2N3O2. The summed E-state index contributed by atoms with van der Waals surface area (Å²) in [6, 6.07) is 23.5. The molecule has 2 aromatic heterocycles. The minimum atomic E-state index is -0.437. The normalized spacial score (nSPS) is 13.2. The van der Waals surface area contributed by atoms with Gasteiger partial charge in [-0.1, -0.05) is 60.6 Å². The number of benzene rings is 5. The van der Waals surface area contributed by atoms with E-state index in [0.717, 1.165) is 38.4 Å². The number of fused-ring (bicyclic) bond motifs is 6. The quantitative estimate of drug-likeness (QED) is 0.147. The lowest BCUT2D eigenvalue weighted by atomic mass is 10.1. The van der Waals surface area contributed by atoms with Crippen molar-refractivity contribution in [2.24, 2.45) is 0 Å². The maximum atomic E-state index is 11.5. The van der Waals surface area contributed by atoms with Crippen LogP contribution in [0.5, 0.6) is 0 Å². The summed E-state index contributed by atoms with van der Waals surface area (Å²) in [5.74, 6) is 0. The Kier molecular flexibility index (Phi) is 4.11. The van der Waals surface area contributed by atoms with Crippen molar-refractivity contribution in [2.45, 2.75) is 0 Å². The number of aromatic nitrogens is 2. The Balaban J connectivity index is 1.68. The molecule has 178 valence electrons. The standard InChI is InChI=1S/C30H17Br2N3O2/c31-22-16-18(35(36)37)17-23(32)30(22)34-26-13-6-3-10-21(26)29-27(14-7-15-28(29)34)33-24-11-4-1-8-19(24)20-9-2-5-12-25(20)33/h1-17H/i1D,4D,8D,11D. The number of nitro groups is 1. The molecule has 0 spiro atoms. The van der Waals surface area contributed by atoms with Gasteiger partial charge in [0.2, 0.25) is 0 Å². The molecule has 37 heavy (non-hydrogen) atoms. The van der Waals surface area contributed by atoms with Crippen LogP contribution in [0.2, 0.25) is 0 Å². The van der Waals surface area contributed by atoms with Crippen molar-refractivity contribution in [3.63, 3.8) is 0 Å². The second kappa shape index (κ2) is 8.30. The van der Waals surface area contributed by atoms with Crippen LogP contribution in [0.25, 0.3) is 55.0 Å². The van der Waals surface area contributed by atoms with Gasteiger partial charge in [0, 0.05) is 42.6 Å². The summed E-state index contributed by atoms with van der Waals surface area (Å²) in [6.07, 6.45) is 0. The Morgan fingerprint density at radius 2 is 1.32 bits per heavy atom. The summed E-state index contributed by atoms with van der Waals surface area (Å²) in [4.78, 5) is 11.1. The highest BCUT2D eigenvalue weighted by atomic mass is 79.9. The van der Waals surface area contributed by atoms with Crippen molar-refractivity contribution in [3.05, 3.63) is 122 Å². The zero-order valence-electron chi connectivity index (χ0n) is 22.9. The van der Waals surface area contributed by atoms with E-state index in [1.807, 2.05) is 75.9 Å². The predicted molar refractivity (Wildman–Crippen MR) is 157 cm³/mol. The second-order valence-corrected chi connectivity index (χ2v) is 10.3. The van der Waals surface area contributed by atoms with E-state index >= 15 is 0 Å². The third-order valence-corrected chi connectivity index (χ3v) is 7.87. The molecule has 0 aliphatic carbocycles. The van der Waals surface area contributed by atoms with Crippen LogP contribution in [0.1, 0.15) is 5.48 Å². The molecule has 0 radical (unpaired) electrons. The van der Waals surface area contributed by atoms with Gasteiger partial charge in [0.25, 0.3) is 5.69 Å². The molecule has 0 N–H and O–H groups in total. The van der Waals surface area contributed by atoms with Gasteiger partial charge >= 0.3 is 0 Å². The lowest BCUT2D eigenvalue weighted by Crippen LogP contribution is -1.99. The minimum Gasteiger partial charge on any atom is -0.309 e. The van der Waals surface area contributed by atoms with Crippen LogP contribution in [-0.2, 0) is 0 Å². The molecule has 0 aliphatic heterocycles. The molecule has 2 heterocycles. The van der Waals surface area contributed by atoms with Gasteiger partial charge in [-0.3, -0.25) is 10.1 Å². The summed E-state index contributed by atoms with van der Waals surface area (Å²) >= 11 is 7.14. The van der Waals surface area contributed by atoms with Gasteiger partial charge in [-0.15, -0.1) is 0 Å². The molecule has 0 atom stereocenters. The zero-order chi connectivity index (χ0) is 28.7. The van der Waals surface area contributed by atoms with Crippen LogP contribution in [0.15, 0.2) is 112 Å². The number of non-ortho nitro benzene ring substituents is 1. The summed E-state index contributed by atoms with van der Waals surface area (Å²) in [5.41, 5.74) is 4.26. The summed E-state index contributed by atoms with van der Waals surface area (Å²) in [6.45, 7) is 0. The highest BCUT2D eigenvalue weighted by molar-refractivity contribution is 9.11. The van der Waals surface area contributed by atoms with Crippen molar-refractivity contribution in [2.75, 3.05) is 0 Å². The van der Waals surface area contributed by atoms with Crippen LogP contribution < -0.4 is 0 Å². The Hall–Kier alpha value is -3.94. The molecule has 0 fully saturated rings. The van der Waals surface area contributed by atoms with E-state index in [1.54, 1.807) is 0 Å². The number of rotatable bonds is 3. The average Bonchev–Trinajstić information content (AvgIpc) is 3.48. The van der Waals surface area contributed by atoms with E-state index in [-0.39, 0.29) is 29.9 Å². The Bertz CT molecular complexity index is 2250. The van der Waals surface area contributed by atoms with Crippen molar-refractivity contribution >= 4 is 81.2 Å². The molecule has 0 unspecified atom stereocenters. The first-order chi connectivity index (χ1) is 19.7. The smallest absolute Gasteiger partial charge is 0.271 e. The first-order valence-corrected chi connectivity index (χ1v) is 12.9. The fourth-order valence-electron chi connectivity index (χ4n) is 5.22. The van der Waals surface area contributed by atoms with Crippen molar-refractivity contribution in [1.82, 2.24) is 9.13 Å². The molecular weight excluding hydrogens is 594 g/mol. The minimum absolute atomic E-state index is 0.0478. The molecule has 7 heteroatoms.